The first-order valence-electron chi connectivity index (χ1n) is 17.1. The zero-order valence-corrected chi connectivity index (χ0v) is 28.8. The van der Waals surface area contributed by atoms with Crippen molar-refractivity contribution in [3.63, 3.8) is 0 Å². The summed E-state index contributed by atoms with van der Waals surface area (Å²) in [6.45, 7) is 6.16. The van der Waals surface area contributed by atoms with Crippen molar-refractivity contribution in [3.8, 4) is 5.75 Å². The molecular formula is C36H45ClN2O7S. The summed E-state index contributed by atoms with van der Waals surface area (Å²) in [5, 5.41) is -0.0717. The second-order valence-corrected chi connectivity index (χ2v) is 17.0. The second-order valence-electron chi connectivity index (χ2n) is 14.5. The smallest absolute Gasteiger partial charge is 0.264 e. The van der Waals surface area contributed by atoms with E-state index < -0.39 is 32.9 Å². The van der Waals surface area contributed by atoms with Gasteiger partial charge in [-0.1, -0.05) is 31.0 Å². The van der Waals surface area contributed by atoms with E-state index in [-0.39, 0.29) is 28.7 Å². The van der Waals surface area contributed by atoms with E-state index >= 15 is 0 Å². The lowest BCUT2D eigenvalue weighted by atomic mass is 9.61. The van der Waals surface area contributed by atoms with E-state index in [0.29, 0.717) is 57.9 Å². The fourth-order valence-corrected chi connectivity index (χ4v) is 10.5. The summed E-state index contributed by atoms with van der Waals surface area (Å²) in [5.41, 5.74) is 2.45. The van der Waals surface area contributed by atoms with Crippen molar-refractivity contribution in [2.75, 3.05) is 37.8 Å². The quantitative estimate of drug-likeness (QED) is 0.395. The van der Waals surface area contributed by atoms with Crippen molar-refractivity contribution in [1.29, 1.82) is 0 Å². The van der Waals surface area contributed by atoms with Gasteiger partial charge in [-0.25, -0.2) is 13.1 Å². The molecule has 9 nitrogen and oxygen atoms in total. The van der Waals surface area contributed by atoms with Crippen molar-refractivity contribution >= 4 is 39.5 Å². The highest BCUT2D eigenvalue weighted by molar-refractivity contribution is 7.90. The van der Waals surface area contributed by atoms with E-state index in [1.54, 1.807) is 25.1 Å². The van der Waals surface area contributed by atoms with E-state index in [1.807, 2.05) is 13.0 Å². The highest BCUT2D eigenvalue weighted by Crippen LogP contribution is 2.51. The lowest BCUT2D eigenvalue weighted by molar-refractivity contribution is -0.240. The number of sulfonamides is 1. The number of halogens is 1. The van der Waals surface area contributed by atoms with Gasteiger partial charge < -0.3 is 23.9 Å². The third-order valence-corrected chi connectivity index (χ3v) is 14.1. The van der Waals surface area contributed by atoms with Gasteiger partial charge in [0.25, 0.3) is 5.91 Å². The molecule has 5 aliphatic rings. The van der Waals surface area contributed by atoms with Gasteiger partial charge in [0.15, 0.2) is 6.29 Å². The van der Waals surface area contributed by atoms with Crippen LogP contribution in [0.25, 0.3) is 0 Å². The van der Waals surface area contributed by atoms with Crippen molar-refractivity contribution < 1.29 is 32.2 Å². The Bertz CT molecular complexity index is 1650. The van der Waals surface area contributed by atoms with Crippen molar-refractivity contribution in [2.45, 2.75) is 87.6 Å². The van der Waals surface area contributed by atoms with Crippen LogP contribution in [0.15, 0.2) is 36.4 Å². The molecule has 2 fully saturated rings. The highest BCUT2D eigenvalue weighted by Gasteiger charge is 2.55. The zero-order chi connectivity index (χ0) is 33.0. The van der Waals surface area contributed by atoms with Crippen LogP contribution in [0.1, 0.15) is 80.3 Å². The minimum Gasteiger partial charge on any atom is -0.490 e. The molecule has 3 heterocycles. The van der Waals surface area contributed by atoms with E-state index in [2.05, 4.69) is 21.8 Å². The summed E-state index contributed by atoms with van der Waals surface area (Å²) in [5.74, 6) is 0.117. The van der Waals surface area contributed by atoms with Crippen LogP contribution in [0.2, 0.25) is 5.02 Å². The van der Waals surface area contributed by atoms with Crippen LogP contribution in [0, 0.1) is 17.8 Å². The molecular weight excluding hydrogens is 640 g/mol. The summed E-state index contributed by atoms with van der Waals surface area (Å²) in [6.07, 6.45) is 6.92. The first kappa shape index (κ1) is 32.9. The number of hydrogen-bond acceptors (Lipinski definition) is 8. The molecule has 254 valence electrons. The van der Waals surface area contributed by atoms with E-state index in [4.69, 9.17) is 25.8 Å². The van der Waals surface area contributed by atoms with Gasteiger partial charge in [0.1, 0.15) is 17.5 Å². The average Bonchev–Trinajstić information content (AvgIpc) is 3.19. The van der Waals surface area contributed by atoms with Crippen LogP contribution in [0.4, 0.5) is 5.69 Å². The average molecular weight is 685 g/mol. The molecule has 0 aromatic heterocycles. The normalized spacial score (nSPS) is 35.4. The first-order valence-corrected chi connectivity index (χ1v) is 19.1. The maximum Gasteiger partial charge on any atom is 0.264 e. The lowest BCUT2D eigenvalue weighted by Gasteiger charge is -2.55. The molecule has 47 heavy (non-hydrogen) atoms. The molecule has 2 spiro atoms. The van der Waals surface area contributed by atoms with E-state index in [0.717, 1.165) is 49.1 Å². The lowest BCUT2D eigenvalue weighted by Crippen LogP contribution is -2.62. The van der Waals surface area contributed by atoms with Gasteiger partial charge in [-0.15, -0.1) is 0 Å². The van der Waals surface area contributed by atoms with Crippen molar-refractivity contribution in [3.05, 3.63) is 58.1 Å². The Morgan fingerprint density at radius 3 is 2.68 bits per heavy atom. The predicted molar refractivity (Wildman–Crippen MR) is 180 cm³/mol. The van der Waals surface area contributed by atoms with Gasteiger partial charge in [-0.2, -0.15) is 0 Å². The van der Waals surface area contributed by atoms with Crippen LogP contribution in [-0.2, 0) is 36.1 Å². The molecule has 1 saturated carbocycles. The maximum absolute atomic E-state index is 13.5. The Labute approximate surface area is 282 Å². The topological polar surface area (TPSA) is 111 Å². The molecule has 11 heteroatoms. The number of aldehydes is 1. The molecule has 1 amide bonds. The number of fused-ring (bicyclic) bond motifs is 5. The summed E-state index contributed by atoms with van der Waals surface area (Å²) >= 11 is 6.44. The largest absolute Gasteiger partial charge is 0.490 e. The SMILES string of the molecule is C[C@@H]1[C@@H](C)CCC[C@]2(OCCO[C@@H]2C=O)[C@@H]2CC[C@H]2CN2C[C@@]3(CCCc4cc(Cl)ccc43)COc3ccc(cc32)C(=O)NS1(=O)=O. The Balaban J connectivity index is 1.33. The minimum atomic E-state index is -3.96. The van der Waals surface area contributed by atoms with Crippen molar-refractivity contribution in [2.24, 2.45) is 17.8 Å². The molecule has 1 N–H and O–H groups in total. The molecule has 0 unspecified atom stereocenters. The number of anilines is 1. The molecule has 2 aromatic carbocycles. The number of amides is 1. The second kappa shape index (κ2) is 12.7. The summed E-state index contributed by atoms with van der Waals surface area (Å²) < 4.78 is 48.5. The third-order valence-electron chi connectivity index (χ3n) is 11.9. The Morgan fingerprint density at radius 2 is 1.89 bits per heavy atom. The number of carbonyl (C=O) groups is 2. The maximum atomic E-state index is 13.5. The number of ether oxygens (including phenoxy) is 3. The summed E-state index contributed by atoms with van der Waals surface area (Å²) in [6, 6.07) is 11.4. The van der Waals surface area contributed by atoms with Gasteiger partial charge in [-0.05, 0) is 111 Å². The minimum absolute atomic E-state index is 0.0925. The Hall–Kier alpha value is -2.66. The van der Waals surface area contributed by atoms with E-state index in [9.17, 15) is 18.0 Å². The van der Waals surface area contributed by atoms with Gasteiger partial charge in [0.2, 0.25) is 10.0 Å². The number of nitrogens with zero attached hydrogens (tertiary/aromatic N) is 1. The summed E-state index contributed by atoms with van der Waals surface area (Å²) in [4.78, 5) is 28.4. The molecule has 7 atom stereocenters. The zero-order valence-electron chi connectivity index (χ0n) is 27.2. The Morgan fingerprint density at radius 1 is 1.04 bits per heavy atom. The molecule has 0 radical (unpaired) electrons. The Kier molecular flexibility index (Phi) is 8.85. The molecule has 7 rings (SSSR count). The van der Waals surface area contributed by atoms with Crippen LogP contribution in [-0.4, -0.2) is 70.5 Å². The molecule has 1 saturated heterocycles. The van der Waals surface area contributed by atoms with Gasteiger partial charge in [0.05, 0.1) is 30.8 Å². The van der Waals surface area contributed by atoms with Gasteiger partial charge in [-0.3, -0.25) is 4.79 Å². The molecule has 2 bridgehead atoms. The predicted octanol–water partition coefficient (Wildman–Crippen LogP) is 5.46. The number of benzene rings is 2. The molecule has 3 aliphatic heterocycles. The number of carbonyl (C=O) groups excluding carboxylic acids is 2. The van der Waals surface area contributed by atoms with Crippen LogP contribution in [0.3, 0.4) is 0 Å². The fourth-order valence-electron chi connectivity index (χ4n) is 8.99. The molecule has 2 aromatic rings. The van der Waals surface area contributed by atoms with Crippen LogP contribution < -0.4 is 14.4 Å². The molecule has 2 aliphatic carbocycles. The van der Waals surface area contributed by atoms with Gasteiger partial charge in [0, 0.05) is 29.1 Å². The number of hydrogen-bond donors (Lipinski definition) is 1. The standard InChI is InChI=1S/C36H45ClN2O7S/c1-23-5-3-14-36(33(20-40)44-15-16-46-36)30-10-7-27(30)19-39-21-35(13-4-6-25-17-28(37)9-11-29(25)35)22-45-32-12-8-26(18-31(32)39)34(41)38-47(42,43)24(23)2/h8-9,11-12,17-18,20,23-24,27,30,33H,3-7,10,13-16,19,21-22H2,1-2H3,(H,38,41)/t23-,24+,27-,30+,33+,35-,36-/m0/s1. The van der Waals surface area contributed by atoms with Crippen LogP contribution in [0.5, 0.6) is 5.75 Å². The fraction of sp³-hybridized carbons (Fsp3) is 0.611. The monoisotopic (exact) mass is 684 g/mol. The van der Waals surface area contributed by atoms with Crippen LogP contribution >= 0.6 is 11.6 Å². The first-order chi connectivity index (χ1) is 22.5. The van der Waals surface area contributed by atoms with E-state index in [1.165, 1.54) is 11.1 Å². The third kappa shape index (κ3) is 5.87. The number of aryl methyl sites for hydroxylation is 1. The summed E-state index contributed by atoms with van der Waals surface area (Å²) in [7, 11) is -3.96. The highest BCUT2D eigenvalue weighted by atomic mass is 35.5. The number of rotatable bonds is 1. The number of nitrogens with one attached hydrogen (secondary N) is 1. The van der Waals surface area contributed by atoms with Crippen molar-refractivity contribution in [1.82, 2.24) is 4.72 Å². The van der Waals surface area contributed by atoms with Gasteiger partial charge >= 0.3 is 0 Å².